The van der Waals surface area contributed by atoms with Crippen LogP contribution in [0.5, 0.6) is 0 Å². The zero-order chi connectivity index (χ0) is 30.2. The van der Waals surface area contributed by atoms with Gasteiger partial charge in [-0.15, -0.1) is 0 Å². The van der Waals surface area contributed by atoms with Gasteiger partial charge in [0.05, 0.1) is 6.61 Å². The van der Waals surface area contributed by atoms with Crippen molar-refractivity contribution in [2.45, 2.75) is 62.9 Å². The first kappa shape index (κ1) is 30.3. The van der Waals surface area contributed by atoms with Gasteiger partial charge in [0.15, 0.2) is 0 Å². The molecule has 1 aliphatic heterocycles. The Kier molecular flexibility index (Phi) is 10.1. The van der Waals surface area contributed by atoms with E-state index >= 15 is 0 Å². The zero-order valence-electron chi connectivity index (χ0n) is 24.7. The summed E-state index contributed by atoms with van der Waals surface area (Å²) in [7, 11) is 0. The molecule has 1 fully saturated rings. The Labute approximate surface area is 253 Å². The van der Waals surface area contributed by atoms with Gasteiger partial charge in [0.25, 0.3) is 0 Å². The maximum atomic E-state index is 14.0. The van der Waals surface area contributed by atoms with Gasteiger partial charge in [0.1, 0.15) is 18.7 Å². The summed E-state index contributed by atoms with van der Waals surface area (Å²) in [5, 5.41) is 5.84. The van der Waals surface area contributed by atoms with E-state index in [2.05, 4.69) is 34.9 Å². The van der Waals surface area contributed by atoms with Crippen molar-refractivity contribution in [3.63, 3.8) is 0 Å². The highest BCUT2D eigenvalue weighted by Gasteiger charge is 2.38. The first-order chi connectivity index (χ1) is 21.0. The van der Waals surface area contributed by atoms with E-state index in [0.717, 1.165) is 47.1 Å². The van der Waals surface area contributed by atoms with Gasteiger partial charge >= 0.3 is 12.1 Å². The lowest BCUT2D eigenvalue weighted by atomic mass is 9.82. The summed E-state index contributed by atoms with van der Waals surface area (Å²) in [5.74, 6) is -1.49. The molecule has 0 spiro atoms. The van der Waals surface area contributed by atoms with Gasteiger partial charge in [-0.05, 0) is 66.5 Å². The van der Waals surface area contributed by atoms with E-state index in [1.165, 1.54) is 0 Å². The van der Waals surface area contributed by atoms with Crippen molar-refractivity contribution >= 4 is 18.0 Å². The van der Waals surface area contributed by atoms with Crippen molar-refractivity contribution in [3.05, 3.63) is 95.6 Å². The van der Waals surface area contributed by atoms with E-state index in [1.807, 2.05) is 54.6 Å². The number of fused-ring (bicyclic) bond motifs is 3. The van der Waals surface area contributed by atoms with E-state index in [0.29, 0.717) is 19.4 Å². The summed E-state index contributed by atoms with van der Waals surface area (Å²) < 4.78 is 11.2. The predicted octanol–water partition coefficient (Wildman–Crippen LogP) is 5.26. The Morgan fingerprint density at radius 3 is 2.16 bits per heavy atom. The largest absolute Gasteiger partial charge is 0.464 e. The first-order valence-electron chi connectivity index (χ1n) is 15.3. The standard InChI is InChI=1S/C35H41N3O5/c1-2-42-34(40)31-24(20-21-36)14-6-7-15-25(23-12-4-3-5-13-23)32(33(39)37-31)38-35(41)43-22-30-28-18-10-8-16-26(28)27-17-9-11-19-29(27)30/h3-5,8-13,16-19,24-25,30-32H,2,6-7,14-15,20-22,36H2,1H3,(H,37,39)(H,38,41). The lowest BCUT2D eigenvalue weighted by Gasteiger charge is -2.33. The molecular formula is C35H41N3O5. The monoisotopic (exact) mass is 583 g/mol. The molecule has 1 heterocycles. The van der Waals surface area contributed by atoms with Crippen LogP contribution in [0.2, 0.25) is 0 Å². The molecule has 2 amide bonds. The van der Waals surface area contributed by atoms with Crippen LogP contribution in [0.15, 0.2) is 78.9 Å². The summed E-state index contributed by atoms with van der Waals surface area (Å²) in [5.41, 5.74) is 11.3. The Hall–Kier alpha value is -4.17. The smallest absolute Gasteiger partial charge is 0.407 e. The van der Waals surface area contributed by atoms with Crippen LogP contribution in [0.3, 0.4) is 0 Å². The van der Waals surface area contributed by atoms with Crippen molar-refractivity contribution in [2.24, 2.45) is 11.7 Å². The van der Waals surface area contributed by atoms with Crippen LogP contribution in [0.1, 0.15) is 67.6 Å². The van der Waals surface area contributed by atoms with Crippen LogP contribution in [-0.4, -0.2) is 49.8 Å². The molecule has 4 N–H and O–H groups in total. The topological polar surface area (TPSA) is 120 Å². The van der Waals surface area contributed by atoms with Crippen LogP contribution in [0.4, 0.5) is 4.79 Å². The molecule has 0 aromatic heterocycles. The van der Waals surface area contributed by atoms with Gasteiger partial charge in [0.2, 0.25) is 5.91 Å². The third-order valence-electron chi connectivity index (χ3n) is 8.72. The van der Waals surface area contributed by atoms with Crippen LogP contribution in [0, 0.1) is 5.92 Å². The highest BCUT2D eigenvalue weighted by Crippen LogP contribution is 2.44. The highest BCUT2D eigenvalue weighted by atomic mass is 16.5. The molecule has 8 nitrogen and oxygen atoms in total. The van der Waals surface area contributed by atoms with E-state index < -0.39 is 30.1 Å². The number of esters is 1. The SMILES string of the molecule is CCOC(=O)C1NC(=O)C(NC(=O)OCC2c3ccccc3-c3ccccc32)C(c2ccccc2)CCCCC1CCN. The molecule has 3 aromatic carbocycles. The molecule has 1 aliphatic carbocycles. The zero-order valence-corrected chi connectivity index (χ0v) is 24.7. The van der Waals surface area contributed by atoms with Crippen molar-refractivity contribution in [1.82, 2.24) is 10.6 Å². The lowest BCUT2D eigenvalue weighted by molar-refractivity contribution is -0.149. The molecular weight excluding hydrogens is 542 g/mol. The summed E-state index contributed by atoms with van der Waals surface area (Å²) in [6.07, 6.45) is 3.02. The first-order valence-corrected chi connectivity index (χ1v) is 15.3. The van der Waals surface area contributed by atoms with Crippen molar-refractivity contribution in [2.75, 3.05) is 19.8 Å². The minimum Gasteiger partial charge on any atom is -0.464 e. The van der Waals surface area contributed by atoms with Gasteiger partial charge in [-0.25, -0.2) is 9.59 Å². The fourth-order valence-electron chi connectivity index (χ4n) is 6.65. The van der Waals surface area contributed by atoms with Crippen LogP contribution < -0.4 is 16.4 Å². The van der Waals surface area contributed by atoms with Crippen molar-refractivity contribution in [3.8, 4) is 11.1 Å². The van der Waals surface area contributed by atoms with Crippen molar-refractivity contribution in [1.29, 1.82) is 0 Å². The quantitative estimate of drug-likeness (QED) is 0.311. The van der Waals surface area contributed by atoms with Crippen molar-refractivity contribution < 1.29 is 23.9 Å². The van der Waals surface area contributed by atoms with E-state index in [1.54, 1.807) is 6.92 Å². The van der Waals surface area contributed by atoms with Crippen LogP contribution in [-0.2, 0) is 19.1 Å². The van der Waals surface area contributed by atoms with E-state index in [-0.39, 0.29) is 31.0 Å². The van der Waals surface area contributed by atoms with E-state index in [4.69, 9.17) is 15.2 Å². The number of hydrogen-bond acceptors (Lipinski definition) is 6. The number of ether oxygens (including phenoxy) is 2. The van der Waals surface area contributed by atoms with Gasteiger partial charge in [0, 0.05) is 11.8 Å². The summed E-state index contributed by atoms with van der Waals surface area (Å²) in [6, 6.07) is 24.2. The van der Waals surface area contributed by atoms with Gasteiger partial charge in [-0.3, -0.25) is 4.79 Å². The number of carbonyl (C=O) groups excluding carboxylic acids is 3. The molecule has 0 bridgehead atoms. The van der Waals surface area contributed by atoms with Crippen LogP contribution >= 0.6 is 0 Å². The third kappa shape index (κ3) is 6.91. The molecule has 0 saturated carbocycles. The molecule has 0 radical (unpaired) electrons. The average molecular weight is 584 g/mol. The Morgan fingerprint density at radius 2 is 1.51 bits per heavy atom. The Balaban J connectivity index is 1.38. The Bertz CT molecular complexity index is 1370. The maximum Gasteiger partial charge on any atom is 0.407 e. The molecule has 8 heteroatoms. The average Bonchev–Trinajstić information content (AvgIpc) is 3.35. The number of carbonyl (C=O) groups is 3. The number of amides is 2. The molecule has 2 aliphatic rings. The minimum absolute atomic E-state index is 0.105. The summed E-state index contributed by atoms with van der Waals surface area (Å²) in [6.45, 7) is 2.47. The molecule has 1 saturated heterocycles. The lowest BCUT2D eigenvalue weighted by Crippen LogP contribution is -2.56. The second-order valence-electron chi connectivity index (χ2n) is 11.3. The molecule has 4 unspecified atom stereocenters. The predicted molar refractivity (Wildman–Crippen MR) is 165 cm³/mol. The Morgan fingerprint density at radius 1 is 0.884 bits per heavy atom. The summed E-state index contributed by atoms with van der Waals surface area (Å²) >= 11 is 0. The second-order valence-corrected chi connectivity index (χ2v) is 11.3. The molecule has 3 aromatic rings. The van der Waals surface area contributed by atoms with Crippen LogP contribution in [0.25, 0.3) is 11.1 Å². The van der Waals surface area contributed by atoms with Gasteiger partial charge < -0.3 is 25.8 Å². The van der Waals surface area contributed by atoms with E-state index in [9.17, 15) is 14.4 Å². The number of hydrogen-bond donors (Lipinski definition) is 3. The number of alkyl carbamates (subject to hydrolysis) is 1. The minimum atomic E-state index is -0.952. The fraction of sp³-hybridized carbons (Fsp3) is 0.400. The number of benzene rings is 3. The maximum absolute atomic E-state index is 14.0. The number of nitrogens with two attached hydrogens (primary N) is 1. The molecule has 226 valence electrons. The number of nitrogens with one attached hydrogen (secondary N) is 2. The molecule has 43 heavy (non-hydrogen) atoms. The van der Waals surface area contributed by atoms with Gasteiger partial charge in [-0.1, -0.05) is 91.7 Å². The second kappa shape index (κ2) is 14.3. The summed E-state index contributed by atoms with van der Waals surface area (Å²) in [4.78, 5) is 40.5. The number of rotatable bonds is 8. The molecule has 5 rings (SSSR count). The highest BCUT2D eigenvalue weighted by molar-refractivity contribution is 5.90. The third-order valence-corrected chi connectivity index (χ3v) is 8.72. The fourth-order valence-corrected chi connectivity index (χ4v) is 6.65. The normalized spacial score (nSPS) is 22.0. The van der Waals surface area contributed by atoms with Gasteiger partial charge in [-0.2, -0.15) is 0 Å². The molecule has 4 atom stereocenters.